The number of hydrogen-bond acceptors (Lipinski definition) is 5. The molecular formula is C22H23FN2O5. The third-order valence-corrected chi connectivity index (χ3v) is 4.71. The maximum atomic E-state index is 13.2. The molecule has 0 spiro atoms. The highest BCUT2D eigenvalue weighted by atomic mass is 19.1. The van der Waals surface area contributed by atoms with Crippen LogP contribution in [0.5, 0.6) is 11.5 Å². The predicted octanol–water partition coefficient (Wildman–Crippen LogP) is 3.43. The molecule has 3 rings (SSSR count). The molecule has 1 N–H and O–H groups in total. The predicted molar refractivity (Wildman–Crippen MR) is 108 cm³/mol. The number of carbonyl (C=O) groups excluding carboxylic acids is 2. The Labute approximate surface area is 174 Å². The van der Waals surface area contributed by atoms with E-state index in [0.717, 1.165) is 0 Å². The first kappa shape index (κ1) is 21.2. The fourth-order valence-electron chi connectivity index (χ4n) is 3.20. The molecule has 158 valence electrons. The summed E-state index contributed by atoms with van der Waals surface area (Å²) in [6.45, 7) is 1.79. The van der Waals surface area contributed by atoms with Gasteiger partial charge in [-0.3, -0.25) is 4.90 Å². The molecule has 0 saturated carbocycles. The quantitative estimate of drug-likeness (QED) is 0.703. The SMILES string of the molecule is CCOC(=O)C1=C(COc2ccc(F)cc2)N(C)C(=O)N[C@H]1c1ccccc1OC. The van der Waals surface area contributed by atoms with E-state index >= 15 is 0 Å². The monoisotopic (exact) mass is 414 g/mol. The van der Waals surface area contributed by atoms with Gasteiger partial charge in [-0.1, -0.05) is 18.2 Å². The van der Waals surface area contributed by atoms with E-state index in [1.807, 2.05) is 0 Å². The second-order valence-electron chi connectivity index (χ2n) is 6.51. The van der Waals surface area contributed by atoms with Gasteiger partial charge in [-0.05, 0) is 37.3 Å². The van der Waals surface area contributed by atoms with Crippen molar-refractivity contribution in [2.75, 3.05) is 27.4 Å². The van der Waals surface area contributed by atoms with E-state index in [4.69, 9.17) is 14.2 Å². The molecule has 2 aromatic rings. The highest BCUT2D eigenvalue weighted by molar-refractivity contribution is 5.95. The van der Waals surface area contributed by atoms with Crippen molar-refractivity contribution in [3.8, 4) is 11.5 Å². The summed E-state index contributed by atoms with van der Waals surface area (Å²) in [5, 5.41) is 2.83. The van der Waals surface area contributed by atoms with E-state index in [1.165, 1.54) is 43.3 Å². The van der Waals surface area contributed by atoms with E-state index < -0.39 is 18.0 Å². The van der Waals surface area contributed by atoms with Gasteiger partial charge in [0.15, 0.2) is 0 Å². The minimum absolute atomic E-state index is 0.0879. The molecule has 0 fully saturated rings. The van der Waals surface area contributed by atoms with E-state index in [9.17, 15) is 14.0 Å². The summed E-state index contributed by atoms with van der Waals surface area (Å²) in [5.74, 6) is -0.0366. The van der Waals surface area contributed by atoms with Crippen LogP contribution in [0, 0.1) is 5.82 Å². The third kappa shape index (κ3) is 4.37. The second-order valence-corrected chi connectivity index (χ2v) is 6.51. The number of benzene rings is 2. The van der Waals surface area contributed by atoms with Crippen molar-refractivity contribution in [3.63, 3.8) is 0 Å². The van der Waals surface area contributed by atoms with Crippen LogP contribution in [0.3, 0.4) is 0 Å². The Balaban J connectivity index is 2.05. The third-order valence-electron chi connectivity index (χ3n) is 4.71. The van der Waals surface area contributed by atoms with Crippen LogP contribution < -0.4 is 14.8 Å². The van der Waals surface area contributed by atoms with Crippen LogP contribution in [0.4, 0.5) is 9.18 Å². The van der Waals surface area contributed by atoms with E-state index in [2.05, 4.69) is 5.32 Å². The molecule has 1 aliphatic heterocycles. The van der Waals surface area contributed by atoms with Gasteiger partial charge in [-0.15, -0.1) is 0 Å². The molecule has 1 aliphatic rings. The molecule has 1 heterocycles. The Hall–Kier alpha value is -3.55. The zero-order chi connectivity index (χ0) is 21.7. The summed E-state index contributed by atoms with van der Waals surface area (Å²) in [7, 11) is 3.05. The molecule has 7 nitrogen and oxygen atoms in total. The van der Waals surface area contributed by atoms with Crippen LogP contribution in [0.15, 0.2) is 59.8 Å². The molecule has 0 bridgehead atoms. The van der Waals surface area contributed by atoms with Crippen LogP contribution in [0.1, 0.15) is 18.5 Å². The number of methoxy groups -OCH3 is 1. The average molecular weight is 414 g/mol. The zero-order valence-electron chi connectivity index (χ0n) is 17.0. The Kier molecular flexibility index (Phi) is 6.56. The van der Waals surface area contributed by atoms with Crippen LogP contribution in [-0.4, -0.2) is 44.3 Å². The Bertz CT molecular complexity index is 958. The lowest BCUT2D eigenvalue weighted by Crippen LogP contribution is -2.48. The van der Waals surface area contributed by atoms with Crippen LogP contribution in [0.25, 0.3) is 0 Å². The Morgan fingerprint density at radius 2 is 1.87 bits per heavy atom. The van der Waals surface area contributed by atoms with Crippen molar-refractivity contribution in [1.82, 2.24) is 10.2 Å². The number of hydrogen-bond donors (Lipinski definition) is 1. The number of rotatable bonds is 7. The highest BCUT2D eigenvalue weighted by Crippen LogP contribution is 2.35. The van der Waals surface area contributed by atoms with Gasteiger partial charge in [0, 0.05) is 12.6 Å². The summed E-state index contributed by atoms with van der Waals surface area (Å²) in [6, 6.07) is 11.4. The number of carbonyl (C=O) groups is 2. The fourth-order valence-corrected chi connectivity index (χ4v) is 3.20. The first-order chi connectivity index (χ1) is 14.5. The summed E-state index contributed by atoms with van der Waals surface area (Å²) >= 11 is 0. The number of likely N-dealkylation sites (N-methyl/N-ethyl adjacent to an activating group) is 1. The number of para-hydroxylation sites is 1. The lowest BCUT2D eigenvalue weighted by Gasteiger charge is -2.34. The number of nitrogens with one attached hydrogen (secondary N) is 1. The van der Waals surface area contributed by atoms with Crippen molar-refractivity contribution in [1.29, 1.82) is 0 Å². The second kappa shape index (κ2) is 9.30. The molecule has 2 aromatic carbocycles. The average Bonchev–Trinajstić information content (AvgIpc) is 2.75. The molecular weight excluding hydrogens is 391 g/mol. The molecule has 2 amide bonds. The minimum atomic E-state index is -0.782. The van der Waals surface area contributed by atoms with Gasteiger partial charge in [0.1, 0.15) is 23.9 Å². The first-order valence-electron chi connectivity index (χ1n) is 9.42. The zero-order valence-corrected chi connectivity index (χ0v) is 17.0. The molecule has 0 saturated heterocycles. The Morgan fingerprint density at radius 1 is 1.17 bits per heavy atom. The highest BCUT2D eigenvalue weighted by Gasteiger charge is 2.38. The van der Waals surface area contributed by atoms with Crippen molar-refractivity contribution < 1.29 is 28.2 Å². The number of nitrogens with zero attached hydrogens (tertiary/aromatic N) is 1. The summed E-state index contributed by atoms with van der Waals surface area (Å²) < 4.78 is 29.6. The number of amides is 2. The largest absolute Gasteiger partial charge is 0.496 e. The first-order valence-corrected chi connectivity index (χ1v) is 9.42. The van der Waals surface area contributed by atoms with Crippen molar-refractivity contribution in [3.05, 3.63) is 71.2 Å². The lowest BCUT2D eigenvalue weighted by atomic mass is 9.94. The molecule has 0 radical (unpaired) electrons. The fraction of sp³-hybridized carbons (Fsp3) is 0.273. The standard InChI is InChI=1S/C22H23FN2O5/c1-4-29-21(26)19-17(13-30-15-11-9-14(23)10-12-15)25(2)22(27)24-20(19)16-7-5-6-8-18(16)28-3/h5-12,20H,4,13H2,1-3H3,(H,24,27)/t20-/m0/s1. The molecule has 30 heavy (non-hydrogen) atoms. The number of urea groups is 1. The van der Waals surface area contributed by atoms with Gasteiger partial charge >= 0.3 is 12.0 Å². The molecule has 0 aliphatic carbocycles. The van der Waals surface area contributed by atoms with Crippen LogP contribution in [-0.2, 0) is 9.53 Å². The van der Waals surface area contributed by atoms with Crippen molar-refractivity contribution in [2.24, 2.45) is 0 Å². The van der Waals surface area contributed by atoms with Crippen molar-refractivity contribution in [2.45, 2.75) is 13.0 Å². The number of ether oxygens (including phenoxy) is 3. The number of esters is 1. The number of halogens is 1. The van der Waals surface area contributed by atoms with Gasteiger partial charge in [-0.2, -0.15) is 0 Å². The van der Waals surface area contributed by atoms with Gasteiger partial charge in [0.2, 0.25) is 0 Å². The minimum Gasteiger partial charge on any atom is -0.496 e. The topological polar surface area (TPSA) is 77.1 Å². The van der Waals surface area contributed by atoms with Gasteiger partial charge in [0.25, 0.3) is 0 Å². The lowest BCUT2D eigenvalue weighted by molar-refractivity contribution is -0.139. The summed E-state index contributed by atoms with van der Waals surface area (Å²) in [4.78, 5) is 26.9. The molecule has 0 aromatic heterocycles. The van der Waals surface area contributed by atoms with E-state index in [-0.39, 0.29) is 24.6 Å². The summed E-state index contributed by atoms with van der Waals surface area (Å²) in [6.07, 6.45) is 0. The molecule has 1 atom stereocenters. The Morgan fingerprint density at radius 3 is 2.53 bits per heavy atom. The maximum absolute atomic E-state index is 13.2. The van der Waals surface area contributed by atoms with Crippen molar-refractivity contribution >= 4 is 12.0 Å². The van der Waals surface area contributed by atoms with Gasteiger partial charge < -0.3 is 19.5 Å². The molecule has 0 unspecified atom stereocenters. The molecule has 8 heteroatoms. The van der Waals surface area contributed by atoms with Crippen LogP contribution >= 0.6 is 0 Å². The normalized spacial score (nSPS) is 16.2. The van der Waals surface area contributed by atoms with Gasteiger partial charge in [0.05, 0.1) is 31.0 Å². The smallest absolute Gasteiger partial charge is 0.338 e. The van der Waals surface area contributed by atoms with E-state index in [1.54, 1.807) is 31.2 Å². The maximum Gasteiger partial charge on any atom is 0.338 e. The van der Waals surface area contributed by atoms with Gasteiger partial charge in [-0.25, -0.2) is 14.0 Å². The van der Waals surface area contributed by atoms with E-state index in [0.29, 0.717) is 22.8 Å². The summed E-state index contributed by atoms with van der Waals surface area (Å²) in [5.41, 5.74) is 1.20. The van der Waals surface area contributed by atoms with Crippen LogP contribution in [0.2, 0.25) is 0 Å².